The van der Waals surface area contributed by atoms with Crippen LogP contribution in [0.4, 0.5) is 5.95 Å². The molecule has 0 saturated heterocycles. The highest BCUT2D eigenvalue weighted by molar-refractivity contribution is 6.34. The van der Waals surface area contributed by atoms with E-state index in [2.05, 4.69) is 32.9 Å². The highest BCUT2D eigenvalue weighted by Gasteiger charge is 2.18. The Morgan fingerprint density at radius 1 is 1.00 bits per heavy atom. The first-order chi connectivity index (χ1) is 13.7. The van der Waals surface area contributed by atoms with Gasteiger partial charge in [0.15, 0.2) is 11.5 Å². The number of rotatable bonds is 4. The van der Waals surface area contributed by atoms with E-state index in [1.54, 1.807) is 0 Å². The molecule has 0 atom stereocenters. The van der Waals surface area contributed by atoms with Crippen molar-refractivity contribution in [3.05, 3.63) is 76.6 Å². The van der Waals surface area contributed by atoms with Crippen LogP contribution >= 0.6 is 11.6 Å². The summed E-state index contributed by atoms with van der Waals surface area (Å²) >= 11 is 6.45. The van der Waals surface area contributed by atoms with Gasteiger partial charge in [0.05, 0.1) is 5.39 Å². The van der Waals surface area contributed by atoms with Crippen LogP contribution in [0.1, 0.15) is 16.7 Å². The van der Waals surface area contributed by atoms with Gasteiger partial charge in [-0.3, -0.25) is 0 Å². The van der Waals surface area contributed by atoms with E-state index in [0.717, 1.165) is 40.1 Å². The SMILES string of the molecule is Nc1nc(Cl)c2c(Cc3ccccc3)cn(Cc3ccc4c(c3)OCO4)c2n1. The highest BCUT2D eigenvalue weighted by atomic mass is 35.5. The van der Waals surface area contributed by atoms with E-state index in [1.165, 1.54) is 5.56 Å². The van der Waals surface area contributed by atoms with Crippen LogP contribution in [-0.4, -0.2) is 21.3 Å². The zero-order valence-corrected chi connectivity index (χ0v) is 15.7. The zero-order chi connectivity index (χ0) is 19.1. The van der Waals surface area contributed by atoms with Crippen molar-refractivity contribution < 1.29 is 9.47 Å². The predicted octanol–water partition coefficient (Wildman–Crippen LogP) is 4.03. The van der Waals surface area contributed by atoms with Crippen molar-refractivity contribution in [2.24, 2.45) is 0 Å². The smallest absolute Gasteiger partial charge is 0.231 e. The van der Waals surface area contributed by atoms with Gasteiger partial charge in [-0.15, -0.1) is 0 Å². The molecule has 0 spiro atoms. The Bertz CT molecular complexity index is 1170. The quantitative estimate of drug-likeness (QED) is 0.530. The second-order valence-corrected chi connectivity index (χ2v) is 7.06. The number of halogens is 1. The van der Waals surface area contributed by atoms with E-state index < -0.39 is 0 Å². The van der Waals surface area contributed by atoms with Crippen molar-refractivity contribution in [1.82, 2.24) is 14.5 Å². The van der Waals surface area contributed by atoms with Crippen LogP contribution in [0.25, 0.3) is 11.0 Å². The number of benzene rings is 2. The minimum atomic E-state index is 0.161. The monoisotopic (exact) mass is 392 g/mol. The molecule has 0 bridgehead atoms. The molecule has 5 rings (SSSR count). The third-order valence-corrected chi connectivity index (χ3v) is 5.07. The minimum Gasteiger partial charge on any atom is -0.454 e. The molecule has 2 aromatic heterocycles. The summed E-state index contributed by atoms with van der Waals surface area (Å²) in [5.74, 6) is 1.68. The predicted molar refractivity (Wildman–Crippen MR) is 108 cm³/mol. The Morgan fingerprint density at radius 2 is 1.82 bits per heavy atom. The van der Waals surface area contributed by atoms with E-state index in [9.17, 15) is 0 Å². The number of nitrogens with two attached hydrogens (primary N) is 1. The molecule has 0 unspecified atom stereocenters. The highest BCUT2D eigenvalue weighted by Crippen LogP contribution is 2.34. The molecule has 0 saturated carbocycles. The number of ether oxygens (including phenoxy) is 2. The Morgan fingerprint density at radius 3 is 2.68 bits per heavy atom. The lowest BCUT2D eigenvalue weighted by atomic mass is 10.1. The van der Waals surface area contributed by atoms with Gasteiger partial charge in [0.1, 0.15) is 10.8 Å². The number of hydrogen-bond donors (Lipinski definition) is 1. The summed E-state index contributed by atoms with van der Waals surface area (Å²) in [6.45, 7) is 0.862. The first-order valence-corrected chi connectivity index (χ1v) is 9.28. The van der Waals surface area contributed by atoms with Crippen molar-refractivity contribution in [3.63, 3.8) is 0 Å². The van der Waals surface area contributed by atoms with Crippen molar-refractivity contribution >= 4 is 28.6 Å². The summed E-state index contributed by atoms with van der Waals surface area (Å²) in [6.07, 6.45) is 2.81. The molecule has 0 amide bonds. The first kappa shape index (κ1) is 16.9. The van der Waals surface area contributed by atoms with Crippen LogP contribution in [0.15, 0.2) is 54.7 Å². The molecule has 4 aromatic rings. The molecule has 3 heterocycles. The number of aromatic nitrogens is 3. The Hall–Kier alpha value is -3.25. The molecule has 6 nitrogen and oxygen atoms in total. The lowest BCUT2D eigenvalue weighted by Gasteiger charge is -2.06. The molecule has 2 aromatic carbocycles. The van der Waals surface area contributed by atoms with Crippen LogP contribution in [0.2, 0.25) is 5.15 Å². The fourth-order valence-electron chi connectivity index (χ4n) is 3.54. The maximum absolute atomic E-state index is 6.45. The largest absolute Gasteiger partial charge is 0.454 e. The molecule has 28 heavy (non-hydrogen) atoms. The number of nitrogens with zero attached hydrogens (tertiary/aromatic N) is 3. The zero-order valence-electron chi connectivity index (χ0n) is 14.9. The Balaban J connectivity index is 1.58. The Labute approximate surface area is 166 Å². The molecule has 2 N–H and O–H groups in total. The van der Waals surface area contributed by atoms with Gasteiger partial charge in [0.2, 0.25) is 12.7 Å². The van der Waals surface area contributed by atoms with Gasteiger partial charge >= 0.3 is 0 Å². The van der Waals surface area contributed by atoms with Gasteiger partial charge in [-0.25, -0.2) is 4.98 Å². The van der Waals surface area contributed by atoms with Crippen LogP contribution in [-0.2, 0) is 13.0 Å². The van der Waals surface area contributed by atoms with Gasteiger partial charge < -0.3 is 19.8 Å². The topological polar surface area (TPSA) is 75.2 Å². The molecule has 0 aliphatic carbocycles. The lowest BCUT2D eigenvalue weighted by molar-refractivity contribution is 0.174. The maximum atomic E-state index is 6.45. The number of hydrogen-bond acceptors (Lipinski definition) is 5. The van der Waals surface area contributed by atoms with Gasteiger partial charge in [-0.2, -0.15) is 4.98 Å². The molecule has 1 aliphatic rings. The van der Waals surface area contributed by atoms with Gasteiger partial charge in [0.25, 0.3) is 0 Å². The van der Waals surface area contributed by atoms with Crippen molar-refractivity contribution in [3.8, 4) is 11.5 Å². The summed E-state index contributed by atoms with van der Waals surface area (Å²) < 4.78 is 12.9. The van der Waals surface area contributed by atoms with E-state index in [4.69, 9.17) is 26.8 Å². The standard InChI is InChI=1S/C21H17ClN4O2/c22-19-18-15(8-13-4-2-1-3-5-13)11-26(20(18)25-21(23)24-19)10-14-6-7-16-17(9-14)28-12-27-16/h1-7,9,11H,8,10,12H2,(H2,23,24,25). The normalized spacial score (nSPS) is 12.6. The van der Waals surface area contributed by atoms with Crippen molar-refractivity contribution in [2.75, 3.05) is 12.5 Å². The molecule has 7 heteroatoms. The van der Waals surface area contributed by atoms with E-state index in [0.29, 0.717) is 11.7 Å². The van der Waals surface area contributed by atoms with Crippen LogP contribution in [0.5, 0.6) is 11.5 Å². The lowest BCUT2D eigenvalue weighted by Crippen LogP contribution is -2.02. The van der Waals surface area contributed by atoms with Crippen LogP contribution < -0.4 is 15.2 Å². The maximum Gasteiger partial charge on any atom is 0.231 e. The summed E-state index contributed by atoms with van der Waals surface area (Å²) in [4.78, 5) is 8.61. The third kappa shape index (κ3) is 3.01. The van der Waals surface area contributed by atoms with E-state index in [-0.39, 0.29) is 12.7 Å². The average Bonchev–Trinajstić information content (AvgIpc) is 3.27. The van der Waals surface area contributed by atoms with E-state index in [1.807, 2.05) is 36.4 Å². The van der Waals surface area contributed by atoms with Crippen LogP contribution in [0, 0.1) is 0 Å². The fraction of sp³-hybridized carbons (Fsp3) is 0.143. The number of nitrogen functional groups attached to an aromatic ring is 1. The molecule has 0 fully saturated rings. The van der Waals surface area contributed by atoms with Crippen molar-refractivity contribution in [2.45, 2.75) is 13.0 Å². The molecular formula is C21H17ClN4O2. The van der Waals surface area contributed by atoms with Crippen molar-refractivity contribution in [1.29, 1.82) is 0 Å². The summed E-state index contributed by atoms with van der Waals surface area (Å²) in [6, 6.07) is 16.2. The molecular weight excluding hydrogens is 376 g/mol. The molecule has 140 valence electrons. The average molecular weight is 393 g/mol. The third-order valence-electron chi connectivity index (χ3n) is 4.80. The summed E-state index contributed by atoms with van der Waals surface area (Å²) in [5.41, 5.74) is 9.91. The number of anilines is 1. The van der Waals surface area contributed by atoms with E-state index >= 15 is 0 Å². The second kappa shape index (κ2) is 6.73. The second-order valence-electron chi connectivity index (χ2n) is 6.70. The first-order valence-electron chi connectivity index (χ1n) is 8.90. The van der Waals surface area contributed by atoms with Gasteiger partial charge in [-0.1, -0.05) is 48.0 Å². The summed E-state index contributed by atoms with van der Waals surface area (Å²) in [7, 11) is 0. The fourth-order valence-corrected chi connectivity index (χ4v) is 3.83. The molecule has 1 aliphatic heterocycles. The molecule has 0 radical (unpaired) electrons. The summed E-state index contributed by atoms with van der Waals surface area (Å²) in [5, 5.41) is 1.21. The van der Waals surface area contributed by atoms with Gasteiger partial charge in [0, 0.05) is 12.7 Å². The Kier molecular flexibility index (Phi) is 4.06. The number of fused-ring (bicyclic) bond motifs is 2. The minimum absolute atomic E-state index is 0.161. The van der Waals surface area contributed by atoms with Crippen LogP contribution in [0.3, 0.4) is 0 Å². The van der Waals surface area contributed by atoms with Gasteiger partial charge in [-0.05, 0) is 35.2 Å².